The number of methoxy groups -OCH3 is 1. The lowest BCUT2D eigenvalue weighted by Crippen LogP contribution is -2.44. The lowest BCUT2D eigenvalue weighted by atomic mass is 9.74. The number of carbonyl (C=O) groups is 1. The van der Waals surface area contributed by atoms with Gasteiger partial charge in [-0.1, -0.05) is 6.07 Å². The number of piperidine rings is 1. The Bertz CT molecular complexity index is 701. The minimum atomic E-state index is -0.560. The molecule has 1 aromatic carbocycles. The molecule has 146 valence electrons. The zero-order chi connectivity index (χ0) is 19.3. The van der Waals surface area contributed by atoms with E-state index in [-0.39, 0.29) is 18.6 Å². The van der Waals surface area contributed by atoms with Crippen LogP contribution in [0, 0.1) is 11.3 Å². The van der Waals surface area contributed by atoms with Gasteiger partial charge in [-0.05, 0) is 56.7 Å². The Balaban J connectivity index is 1.72. The average Bonchev–Trinajstić information content (AvgIpc) is 2.65. The van der Waals surface area contributed by atoms with E-state index in [0.29, 0.717) is 38.3 Å². The van der Waals surface area contributed by atoms with Gasteiger partial charge in [-0.2, -0.15) is 5.26 Å². The summed E-state index contributed by atoms with van der Waals surface area (Å²) < 4.78 is 16.6. The molecule has 1 aliphatic heterocycles. The maximum absolute atomic E-state index is 11.7. The standard InChI is InChI=1S/C21H28N2O4/c1-3-26-20(24)14-23-11-9-21(15-22,10-12-23)16-7-8-18(25-2)19(13-16)27-17-5-4-6-17/h7-8,13,17H,3-6,9-12,14H2,1-2H3. The van der Waals surface area contributed by atoms with Gasteiger partial charge in [0.25, 0.3) is 0 Å². The lowest BCUT2D eigenvalue weighted by Gasteiger charge is -2.37. The van der Waals surface area contributed by atoms with Crippen LogP contribution in [0.3, 0.4) is 0 Å². The van der Waals surface area contributed by atoms with Gasteiger partial charge in [-0.15, -0.1) is 0 Å². The Labute approximate surface area is 161 Å². The minimum Gasteiger partial charge on any atom is -0.493 e. The van der Waals surface area contributed by atoms with E-state index >= 15 is 0 Å². The highest BCUT2D eigenvalue weighted by Gasteiger charge is 2.37. The molecule has 1 saturated carbocycles. The summed E-state index contributed by atoms with van der Waals surface area (Å²) in [6, 6.07) is 8.38. The van der Waals surface area contributed by atoms with Crippen molar-refractivity contribution in [1.29, 1.82) is 5.26 Å². The van der Waals surface area contributed by atoms with Gasteiger partial charge < -0.3 is 14.2 Å². The van der Waals surface area contributed by atoms with Crippen LogP contribution in [0.15, 0.2) is 18.2 Å². The molecule has 1 aliphatic carbocycles. The number of likely N-dealkylation sites (tertiary alicyclic amines) is 1. The number of ether oxygens (including phenoxy) is 3. The molecule has 1 saturated heterocycles. The van der Waals surface area contributed by atoms with Crippen molar-refractivity contribution < 1.29 is 19.0 Å². The SMILES string of the molecule is CCOC(=O)CN1CCC(C#N)(c2ccc(OC)c(OC3CCC3)c2)CC1. The van der Waals surface area contributed by atoms with Crippen molar-refractivity contribution in [2.45, 2.75) is 50.5 Å². The summed E-state index contributed by atoms with van der Waals surface area (Å²) in [5.41, 5.74) is 0.408. The highest BCUT2D eigenvalue weighted by atomic mass is 16.5. The summed E-state index contributed by atoms with van der Waals surface area (Å²) in [5, 5.41) is 9.97. The molecule has 0 bridgehead atoms. The Kier molecular flexibility index (Phi) is 6.22. The van der Waals surface area contributed by atoms with Crippen LogP contribution in [0.1, 0.15) is 44.6 Å². The molecular formula is C21H28N2O4. The van der Waals surface area contributed by atoms with Gasteiger partial charge in [0.1, 0.15) is 0 Å². The molecule has 27 heavy (non-hydrogen) atoms. The van der Waals surface area contributed by atoms with Gasteiger partial charge in [0.2, 0.25) is 0 Å². The number of benzene rings is 1. The molecule has 2 aliphatic rings. The smallest absolute Gasteiger partial charge is 0.320 e. The predicted molar refractivity (Wildman–Crippen MR) is 101 cm³/mol. The Morgan fingerprint density at radius 2 is 2.04 bits per heavy atom. The van der Waals surface area contributed by atoms with Gasteiger partial charge in [-0.25, -0.2) is 0 Å². The lowest BCUT2D eigenvalue weighted by molar-refractivity contribution is -0.144. The topological polar surface area (TPSA) is 71.8 Å². The molecular weight excluding hydrogens is 344 g/mol. The molecule has 1 aromatic rings. The van der Waals surface area contributed by atoms with Gasteiger partial charge >= 0.3 is 5.97 Å². The van der Waals surface area contributed by atoms with E-state index in [0.717, 1.165) is 24.2 Å². The number of hydrogen-bond acceptors (Lipinski definition) is 6. The van der Waals surface area contributed by atoms with E-state index in [9.17, 15) is 10.1 Å². The van der Waals surface area contributed by atoms with E-state index in [4.69, 9.17) is 14.2 Å². The minimum absolute atomic E-state index is 0.206. The molecule has 1 heterocycles. The first-order valence-corrected chi connectivity index (χ1v) is 9.74. The Hall–Kier alpha value is -2.26. The van der Waals surface area contributed by atoms with Crippen LogP contribution in [0.2, 0.25) is 0 Å². The predicted octanol–water partition coefficient (Wildman–Crippen LogP) is 3.05. The fraction of sp³-hybridized carbons (Fsp3) is 0.619. The molecule has 6 heteroatoms. The van der Waals surface area contributed by atoms with E-state index in [2.05, 4.69) is 11.0 Å². The summed E-state index contributed by atoms with van der Waals surface area (Å²) in [6.45, 7) is 3.87. The summed E-state index contributed by atoms with van der Waals surface area (Å²) in [7, 11) is 1.64. The molecule has 0 spiro atoms. The molecule has 0 radical (unpaired) electrons. The van der Waals surface area contributed by atoms with E-state index in [1.54, 1.807) is 7.11 Å². The van der Waals surface area contributed by atoms with Gasteiger partial charge in [0.15, 0.2) is 11.5 Å². The first-order valence-electron chi connectivity index (χ1n) is 9.74. The molecule has 0 atom stereocenters. The highest BCUT2D eigenvalue weighted by Crippen LogP contribution is 2.40. The highest BCUT2D eigenvalue weighted by molar-refractivity contribution is 5.71. The largest absolute Gasteiger partial charge is 0.493 e. The molecule has 3 rings (SSSR count). The maximum Gasteiger partial charge on any atom is 0.320 e. The monoisotopic (exact) mass is 372 g/mol. The normalized spacial score (nSPS) is 19.6. The number of rotatable bonds is 7. The Morgan fingerprint density at radius 3 is 2.59 bits per heavy atom. The fourth-order valence-corrected chi connectivity index (χ4v) is 3.68. The third-order valence-electron chi connectivity index (χ3n) is 5.64. The van der Waals surface area contributed by atoms with Crippen LogP contribution in [0.4, 0.5) is 0 Å². The van der Waals surface area contributed by atoms with Crippen molar-refractivity contribution in [1.82, 2.24) is 4.90 Å². The number of esters is 1. The fourth-order valence-electron chi connectivity index (χ4n) is 3.68. The quantitative estimate of drug-likeness (QED) is 0.685. The molecule has 6 nitrogen and oxygen atoms in total. The van der Waals surface area contributed by atoms with Gasteiger partial charge in [-0.3, -0.25) is 9.69 Å². The van der Waals surface area contributed by atoms with Crippen molar-refractivity contribution in [2.75, 3.05) is 33.4 Å². The van der Waals surface area contributed by atoms with Gasteiger partial charge in [0, 0.05) is 13.1 Å². The zero-order valence-electron chi connectivity index (χ0n) is 16.2. The molecule has 0 N–H and O–H groups in total. The number of nitrogens with zero attached hydrogens (tertiary/aromatic N) is 2. The second-order valence-corrected chi connectivity index (χ2v) is 7.31. The maximum atomic E-state index is 11.7. The van der Waals surface area contributed by atoms with Crippen LogP contribution in [0.25, 0.3) is 0 Å². The molecule has 0 unspecified atom stereocenters. The molecule has 2 fully saturated rings. The van der Waals surface area contributed by atoms with E-state index in [1.165, 1.54) is 6.42 Å². The summed E-state index contributed by atoms with van der Waals surface area (Å²) >= 11 is 0. The van der Waals surface area contributed by atoms with Crippen molar-refractivity contribution in [3.05, 3.63) is 23.8 Å². The average molecular weight is 372 g/mol. The number of nitriles is 1. The number of hydrogen-bond donors (Lipinski definition) is 0. The van der Waals surface area contributed by atoms with Crippen molar-refractivity contribution in [3.63, 3.8) is 0 Å². The third-order valence-corrected chi connectivity index (χ3v) is 5.64. The summed E-state index contributed by atoms with van der Waals surface area (Å²) in [6.07, 6.45) is 4.94. The van der Waals surface area contributed by atoms with Crippen molar-refractivity contribution in [2.24, 2.45) is 0 Å². The second-order valence-electron chi connectivity index (χ2n) is 7.31. The van der Waals surface area contributed by atoms with Crippen LogP contribution in [-0.2, 0) is 14.9 Å². The van der Waals surface area contributed by atoms with Crippen LogP contribution >= 0.6 is 0 Å². The second kappa shape index (κ2) is 8.62. The van der Waals surface area contributed by atoms with Crippen molar-refractivity contribution >= 4 is 5.97 Å². The molecule has 0 amide bonds. The van der Waals surface area contributed by atoms with Crippen LogP contribution in [-0.4, -0.2) is 50.3 Å². The van der Waals surface area contributed by atoms with Crippen LogP contribution < -0.4 is 9.47 Å². The Morgan fingerprint density at radius 1 is 1.30 bits per heavy atom. The van der Waals surface area contributed by atoms with E-state index in [1.807, 2.05) is 25.1 Å². The first kappa shape index (κ1) is 19.5. The van der Waals surface area contributed by atoms with Crippen molar-refractivity contribution in [3.8, 4) is 17.6 Å². The van der Waals surface area contributed by atoms with Crippen LogP contribution in [0.5, 0.6) is 11.5 Å². The first-order chi connectivity index (χ1) is 13.1. The van der Waals surface area contributed by atoms with E-state index < -0.39 is 5.41 Å². The molecule has 0 aromatic heterocycles. The summed E-state index contributed by atoms with van der Waals surface area (Å²) in [4.78, 5) is 13.8. The zero-order valence-corrected chi connectivity index (χ0v) is 16.2. The third kappa shape index (κ3) is 4.36. The number of carbonyl (C=O) groups excluding carboxylic acids is 1. The van der Waals surface area contributed by atoms with Gasteiger partial charge in [0.05, 0.1) is 37.8 Å². The summed E-state index contributed by atoms with van der Waals surface area (Å²) in [5.74, 6) is 1.23.